The minimum absolute atomic E-state index is 0.530. The van der Waals surface area contributed by atoms with Crippen LogP contribution in [0.1, 0.15) is 38.6 Å². The molecule has 2 nitrogen and oxygen atoms in total. The first-order valence-corrected chi connectivity index (χ1v) is 6.65. The fourth-order valence-corrected chi connectivity index (χ4v) is 2.35. The van der Waals surface area contributed by atoms with Gasteiger partial charge in [0.1, 0.15) is 0 Å². The summed E-state index contributed by atoms with van der Waals surface area (Å²) in [6.45, 7) is 8.67. The molecule has 0 amide bonds. The molecule has 1 aromatic heterocycles. The highest BCUT2D eigenvalue weighted by molar-refractivity contribution is 5.73. The first kappa shape index (κ1) is 12.9. The van der Waals surface area contributed by atoms with Gasteiger partial charge in [-0.05, 0) is 25.2 Å². The molecule has 1 aromatic rings. The number of hydrogen-bond donors (Lipinski definition) is 0. The Hall–Kier alpha value is -1.57. The van der Waals surface area contributed by atoms with E-state index in [4.69, 9.17) is 4.52 Å². The van der Waals surface area contributed by atoms with E-state index >= 15 is 0 Å². The normalized spacial score (nSPS) is 19.7. The molecule has 0 N–H and O–H groups in total. The number of nitrogens with zero attached hydrogens (tertiary/aromatic N) is 1. The van der Waals surface area contributed by atoms with E-state index in [1.807, 2.05) is 13.0 Å². The summed E-state index contributed by atoms with van der Waals surface area (Å²) in [5, 5.41) is 3.95. The summed E-state index contributed by atoms with van der Waals surface area (Å²) in [6.07, 6.45) is 9.95. The number of aryl methyl sites for hydroxylation is 1. The molecule has 0 bridgehead atoms. The van der Waals surface area contributed by atoms with Gasteiger partial charge in [0.25, 0.3) is 0 Å². The summed E-state index contributed by atoms with van der Waals surface area (Å²) < 4.78 is 5.33. The number of allylic oxidation sites excluding steroid dienone is 6. The van der Waals surface area contributed by atoms with Crippen LogP contribution >= 0.6 is 0 Å². The Kier molecular flexibility index (Phi) is 3.85. The van der Waals surface area contributed by atoms with Crippen molar-refractivity contribution in [3.8, 4) is 0 Å². The van der Waals surface area contributed by atoms with E-state index in [1.54, 1.807) is 0 Å². The molecule has 18 heavy (non-hydrogen) atoms. The zero-order chi connectivity index (χ0) is 13.1. The van der Waals surface area contributed by atoms with Crippen molar-refractivity contribution in [3.63, 3.8) is 0 Å². The van der Waals surface area contributed by atoms with Gasteiger partial charge in [0.05, 0.1) is 5.69 Å². The zero-order valence-corrected chi connectivity index (χ0v) is 11.6. The van der Waals surface area contributed by atoms with Gasteiger partial charge in [-0.25, -0.2) is 0 Å². The first-order chi connectivity index (χ1) is 8.61. The van der Waals surface area contributed by atoms with E-state index in [2.05, 4.69) is 50.2 Å². The summed E-state index contributed by atoms with van der Waals surface area (Å²) in [5.74, 6) is 1.95. The molecule has 96 valence electrons. The van der Waals surface area contributed by atoms with Gasteiger partial charge in [0.2, 0.25) is 0 Å². The molecule has 0 radical (unpaired) electrons. The monoisotopic (exact) mass is 243 g/mol. The Morgan fingerprint density at radius 1 is 1.33 bits per heavy atom. The summed E-state index contributed by atoms with van der Waals surface area (Å²) in [4.78, 5) is 0. The van der Waals surface area contributed by atoms with Gasteiger partial charge in [-0.15, -0.1) is 0 Å². The van der Waals surface area contributed by atoms with Crippen molar-refractivity contribution in [3.05, 3.63) is 47.4 Å². The molecule has 2 rings (SSSR count). The highest BCUT2D eigenvalue weighted by Crippen LogP contribution is 2.29. The molecule has 1 atom stereocenters. The van der Waals surface area contributed by atoms with Crippen LogP contribution in [0, 0.1) is 18.8 Å². The Morgan fingerprint density at radius 2 is 2.11 bits per heavy atom. The first-order valence-electron chi connectivity index (χ1n) is 6.65. The van der Waals surface area contributed by atoms with Gasteiger partial charge in [-0.1, -0.05) is 55.8 Å². The van der Waals surface area contributed by atoms with Crippen LogP contribution in [0.5, 0.6) is 0 Å². The van der Waals surface area contributed by atoms with E-state index in [9.17, 15) is 0 Å². The van der Waals surface area contributed by atoms with Crippen molar-refractivity contribution >= 4 is 5.57 Å². The third kappa shape index (κ3) is 2.63. The van der Waals surface area contributed by atoms with Crippen molar-refractivity contribution in [1.82, 2.24) is 5.16 Å². The lowest BCUT2D eigenvalue weighted by molar-refractivity contribution is 0.406. The summed E-state index contributed by atoms with van der Waals surface area (Å²) in [7, 11) is 0. The van der Waals surface area contributed by atoms with E-state index in [1.165, 1.54) is 5.57 Å². The molecule has 0 saturated carbocycles. The van der Waals surface area contributed by atoms with Crippen molar-refractivity contribution in [2.24, 2.45) is 11.8 Å². The van der Waals surface area contributed by atoms with Crippen LogP contribution in [-0.2, 0) is 0 Å². The number of hydrogen-bond acceptors (Lipinski definition) is 2. The van der Waals surface area contributed by atoms with Crippen molar-refractivity contribution in [2.45, 2.75) is 34.1 Å². The van der Waals surface area contributed by atoms with E-state index in [0.717, 1.165) is 23.4 Å². The SMILES string of the molecule is CCC1C=CC(c2cc(C)no2)=CC=C1C(C)C. The van der Waals surface area contributed by atoms with Crippen molar-refractivity contribution in [1.29, 1.82) is 0 Å². The van der Waals surface area contributed by atoms with Crippen LogP contribution < -0.4 is 0 Å². The second kappa shape index (κ2) is 5.38. The number of rotatable bonds is 3. The molecule has 0 fully saturated rings. The van der Waals surface area contributed by atoms with E-state index < -0.39 is 0 Å². The summed E-state index contributed by atoms with van der Waals surface area (Å²) in [6, 6.07) is 1.98. The van der Waals surface area contributed by atoms with Crippen LogP contribution in [0.4, 0.5) is 0 Å². The molecular weight excluding hydrogens is 222 g/mol. The predicted molar refractivity (Wildman–Crippen MR) is 75.1 cm³/mol. The van der Waals surface area contributed by atoms with Crippen molar-refractivity contribution in [2.75, 3.05) is 0 Å². The van der Waals surface area contributed by atoms with E-state index in [0.29, 0.717) is 11.8 Å². The smallest absolute Gasteiger partial charge is 0.167 e. The van der Waals surface area contributed by atoms with Crippen LogP contribution in [0.25, 0.3) is 5.57 Å². The predicted octanol–water partition coefficient (Wildman–Crippen LogP) is 4.54. The van der Waals surface area contributed by atoms with Crippen LogP contribution in [-0.4, -0.2) is 5.16 Å². The molecule has 1 aliphatic carbocycles. The Morgan fingerprint density at radius 3 is 2.67 bits per heavy atom. The minimum atomic E-state index is 0.530. The molecule has 1 aliphatic rings. The quantitative estimate of drug-likeness (QED) is 0.778. The lowest BCUT2D eigenvalue weighted by Crippen LogP contribution is -2.05. The maximum atomic E-state index is 5.33. The molecule has 0 aliphatic heterocycles. The standard InChI is InChI=1S/C16H21NO/c1-5-13-6-7-14(8-9-15(13)11(2)3)16-10-12(4)17-18-16/h6-11,13H,5H2,1-4H3. The largest absolute Gasteiger partial charge is 0.356 e. The van der Waals surface area contributed by atoms with Gasteiger partial charge >= 0.3 is 0 Å². The third-order valence-electron chi connectivity index (χ3n) is 3.41. The lowest BCUT2D eigenvalue weighted by atomic mass is 9.88. The third-order valence-corrected chi connectivity index (χ3v) is 3.41. The molecule has 0 aromatic carbocycles. The van der Waals surface area contributed by atoms with Gasteiger partial charge < -0.3 is 4.52 Å². The topological polar surface area (TPSA) is 26.0 Å². The van der Waals surface area contributed by atoms with E-state index in [-0.39, 0.29) is 0 Å². The van der Waals surface area contributed by atoms with Crippen LogP contribution in [0.3, 0.4) is 0 Å². The molecule has 1 heterocycles. The van der Waals surface area contributed by atoms with Gasteiger partial charge in [-0.3, -0.25) is 0 Å². The molecule has 0 spiro atoms. The highest BCUT2D eigenvalue weighted by Gasteiger charge is 2.15. The average Bonchev–Trinajstić information content (AvgIpc) is 2.65. The second-order valence-electron chi connectivity index (χ2n) is 5.15. The minimum Gasteiger partial charge on any atom is -0.356 e. The fourth-order valence-electron chi connectivity index (χ4n) is 2.35. The zero-order valence-electron chi connectivity index (χ0n) is 11.6. The van der Waals surface area contributed by atoms with Gasteiger partial charge in [0.15, 0.2) is 5.76 Å². The maximum absolute atomic E-state index is 5.33. The molecule has 0 saturated heterocycles. The molecular formula is C16H21NO. The van der Waals surface area contributed by atoms with Crippen LogP contribution in [0.15, 0.2) is 40.5 Å². The van der Waals surface area contributed by atoms with Crippen LogP contribution in [0.2, 0.25) is 0 Å². The Bertz CT molecular complexity index is 503. The molecule has 2 heteroatoms. The molecule has 1 unspecified atom stereocenters. The number of aromatic nitrogens is 1. The fraction of sp³-hybridized carbons (Fsp3) is 0.438. The maximum Gasteiger partial charge on any atom is 0.167 e. The highest BCUT2D eigenvalue weighted by atomic mass is 16.5. The lowest BCUT2D eigenvalue weighted by Gasteiger charge is -2.17. The van der Waals surface area contributed by atoms with Gasteiger partial charge in [0, 0.05) is 11.6 Å². The Balaban J connectivity index is 2.35. The summed E-state index contributed by atoms with van der Waals surface area (Å²) in [5.41, 5.74) is 3.51. The van der Waals surface area contributed by atoms with Crippen molar-refractivity contribution < 1.29 is 4.52 Å². The Labute approximate surface area is 109 Å². The average molecular weight is 243 g/mol. The van der Waals surface area contributed by atoms with Gasteiger partial charge in [-0.2, -0.15) is 0 Å². The second-order valence-corrected chi connectivity index (χ2v) is 5.15. The summed E-state index contributed by atoms with van der Waals surface area (Å²) >= 11 is 0.